The smallest absolute Gasteiger partial charge is 0.303 e. The largest absolute Gasteiger partial charge is 0.467 e. The molecule has 0 aliphatic heterocycles. The molecule has 7 heteroatoms. The Morgan fingerprint density at radius 2 is 1.76 bits per heavy atom. The van der Waals surface area contributed by atoms with Gasteiger partial charge in [0.05, 0.1) is 11.7 Å². The van der Waals surface area contributed by atoms with Gasteiger partial charge >= 0.3 is 5.97 Å². The van der Waals surface area contributed by atoms with Crippen molar-refractivity contribution in [3.63, 3.8) is 0 Å². The highest BCUT2D eigenvalue weighted by Crippen LogP contribution is 2.43. The monoisotopic (exact) mass is 354 g/mol. The SMILES string of the molecule is C=C(C)C(OC(C)=O)c1c(OCOC)ccc(C(C)O)c1OCOC. The second kappa shape index (κ2) is 10.0. The van der Waals surface area contributed by atoms with Crippen LogP contribution >= 0.6 is 0 Å². The van der Waals surface area contributed by atoms with E-state index >= 15 is 0 Å². The fourth-order valence-electron chi connectivity index (χ4n) is 2.27. The number of rotatable bonds is 10. The normalized spacial score (nSPS) is 13.0. The molecule has 0 saturated heterocycles. The van der Waals surface area contributed by atoms with Crippen molar-refractivity contribution in [3.05, 3.63) is 35.4 Å². The van der Waals surface area contributed by atoms with Gasteiger partial charge in [-0.3, -0.25) is 4.79 Å². The van der Waals surface area contributed by atoms with E-state index in [0.717, 1.165) is 0 Å². The van der Waals surface area contributed by atoms with Gasteiger partial charge in [-0.15, -0.1) is 0 Å². The van der Waals surface area contributed by atoms with Crippen LogP contribution in [0.5, 0.6) is 11.5 Å². The van der Waals surface area contributed by atoms with Crippen LogP contribution in [-0.2, 0) is 19.0 Å². The molecule has 1 aromatic rings. The molecule has 0 aromatic heterocycles. The average molecular weight is 354 g/mol. The van der Waals surface area contributed by atoms with Crippen molar-refractivity contribution in [1.29, 1.82) is 0 Å². The number of aliphatic hydroxyl groups is 1. The van der Waals surface area contributed by atoms with Crippen molar-refractivity contribution >= 4 is 5.97 Å². The molecule has 0 amide bonds. The summed E-state index contributed by atoms with van der Waals surface area (Å²) in [6.45, 7) is 8.47. The summed E-state index contributed by atoms with van der Waals surface area (Å²) in [5, 5.41) is 10.1. The maximum atomic E-state index is 11.6. The molecule has 0 saturated carbocycles. The van der Waals surface area contributed by atoms with E-state index in [1.807, 2.05) is 0 Å². The topological polar surface area (TPSA) is 83.5 Å². The molecule has 1 rings (SSSR count). The van der Waals surface area contributed by atoms with Gasteiger partial charge in [-0.05, 0) is 31.6 Å². The number of ether oxygens (including phenoxy) is 5. The summed E-state index contributed by atoms with van der Waals surface area (Å²) < 4.78 is 26.6. The molecule has 1 N–H and O–H groups in total. The van der Waals surface area contributed by atoms with Crippen LogP contribution in [0.15, 0.2) is 24.3 Å². The Balaban J connectivity index is 3.58. The van der Waals surface area contributed by atoms with E-state index in [0.29, 0.717) is 28.2 Å². The highest BCUT2D eigenvalue weighted by molar-refractivity contribution is 5.67. The lowest BCUT2D eigenvalue weighted by atomic mass is 9.96. The van der Waals surface area contributed by atoms with Crippen LogP contribution in [0.25, 0.3) is 0 Å². The molecule has 0 aliphatic carbocycles. The molecule has 2 unspecified atom stereocenters. The van der Waals surface area contributed by atoms with E-state index in [4.69, 9.17) is 23.7 Å². The minimum atomic E-state index is -0.815. The van der Waals surface area contributed by atoms with Gasteiger partial charge in [0.15, 0.2) is 19.7 Å². The van der Waals surface area contributed by atoms with Gasteiger partial charge in [0.25, 0.3) is 0 Å². The number of methoxy groups -OCH3 is 2. The number of carbonyl (C=O) groups is 1. The molecule has 25 heavy (non-hydrogen) atoms. The summed E-state index contributed by atoms with van der Waals surface area (Å²) in [6, 6.07) is 3.34. The van der Waals surface area contributed by atoms with Crippen LogP contribution in [0.2, 0.25) is 0 Å². The first-order valence-corrected chi connectivity index (χ1v) is 7.74. The third kappa shape index (κ3) is 5.74. The van der Waals surface area contributed by atoms with E-state index in [2.05, 4.69) is 6.58 Å². The van der Waals surface area contributed by atoms with Crippen LogP contribution in [0.4, 0.5) is 0 Å². The predicted molar refractivity (Wildman–Crippen MR) is 91.4 cm³/mol. The van der Waals surface area contributed by atoms with Gasteiger partial charge in [0.1, 0.15) is 11.5 Å². The van der Waals surface area contributed by atoms with E-state index in [9.17, 15) is 9.90 Å². The zero-order valence-corrected chi connectivity index (χ0v) is 15.3. The van der Waals surface area contributed by atoms with Crippen molar-refractivity contribution < 1.29 is 33.6 Å². The predicted octanol–water partition coefficient (Wildman–Crippen LogP) is 2.89. The lowest BCUT2D eigenvalue weighted by Gasteiger charge is -2.25. The molecule has 7 nitrogen and oxygen atoms in total. The van der Waals surface area contributed by atoms with Gasteiger partial charge in [-0.2, -0.15) is 0 Å². The molecule has 0 heterocycles. The quantitative estimate of drug-likeness (QED) is 0.393. The zero-order chi connectivity index (χ0) is 19.0. The number of hydrogen-bond acceptors (Lipinski definition) is 7. The molecular formula is C18H26O7. The third-order valence-corrected chi connectivity index (χ3v) is 3.28. The van der Waals surface area contributed by atoms with E-state index in [-0.39, 0.29) is 13.6 Å². The summed E-state index contributed by atoms with van der Waals surface area (Å²) in [4.78, 5) is 11.6. The Bertz CT molecular complexity index is 595. The van der Waals surface area contributed by atoms with Crippen molar-refractivity contribution in [1.82, 2.24) is 0 Å². The van der Waals surface area contributed by atoms with Crippen molar-refractivity contribution in [2.75, 3.05) is 27.8 Å². The maximum Gasteiger partial charge on any atom is 0.303 e. The average Bonchev–Trinajstić information content (AvgIpc) is 2.55. The Kier molecular flexibility index (Phi) is 8.40. The van der Waals surface area contributed by atoms with Crippen molar-refractivity contribution in [2.45, 2.75) is 33.0 Å². The lowest BCUT2D eigenvalue weighted by Crippen LogP contribution is -2.16. The van der Waals surface area contributed by atoms with Gasteiger partial charge < -0.3 is 28.8 Å². The third-order valence-electron chi connectivity index (χ3n) is 3.28. The molecule has 0 radical (unpaired) electrons. The minimum absolute atomic E-state index is 0.00623. The second-order valence-electron chi connectivity index (χ2n) is 5.51. The maximum absolute atomic E-state index is 11.6. The lowest BCUT2D eigenvalue weighted by molar-refractivity contribution is -0.145. The fraction of sp³-hybridized carbons (Fsp3) is 0.500. The minimum Gasteiger partial charge on any atom is -0.467 e. The zero-order valence-electron chi connectivity index (χ0n) is 15.3. The first kappa shape index (κ1) is 21.0. The molecule has 140 valence electrons. The summed E-state index contributed by atoms with van der Waals surface area (Å²) >= 11 is 0. The standard InChI is InChI=1S/C18H26O7/c1-11(2)17(25-13(4)20)16-15(23-9-21-5)8-7-14(12(3)19)18(16)24-10-22-6/h7-8,12,17,19H,1,9-10H2,2-6H3. The van der Waals surface area contributed by atoms with Crippen molar-refractivity contribution in [2.24, 2.45) is 0 Å². The Hall–Kier alpha value is -2.09. The first-order chi connectivity index (χ1) is 11.8. The van der Waals surface area contributed by atoms with E-state index < -0.39 is 18.2 Å². The summed E-state index contributed by atoms with van der Waals surface area (Å²) in [7, 11) is 2.98. The Morgan fingerprint density at radius 1 is 1.16 bits per heavy atom. The van der Waals surface area contributed by atoms with Crippen LogP contribution in [0.3, 0.4) is 0 Å². The van der Waals surface area contributed by atoms with Gasteiger partial charge in [0.2, 0.25) is 0 Å². The Morgan fingerprint density at radius 3 is 2.24 bits per heavy atom. The van der Waals surface area contributed by atoms with Crippen LogP contribution in [0.1, 0.15) is 44.1 Å². The Labute approximate surface area is 148 Å². The number of esters is 1. The number of aliphatic hydroxyl groups excluding tert-OH is 1. The summed E-state index contributed by atoms with van der Waals surface area (Å²) in [6.07, 6.45) is -1.62. The van der Waals surface area contributed by atoms with E-state index in [1.165, 1.54) is 21.1 Å². The van der Waals surface area contributed by atoms with Crippen LogP contribution in [0, 0.1) is 0 Å². The highest BCUT2D eigenvalue weighted by Gasteiger charge is 2.28. The van der Waals surface area contributed by atoms with Gasteiger partial charge in [0, 0.05) is 26.7 Å². The van der Waals surface area contributed by atoms with Crippen molar-refractivity contribution in [3.8, 4) is 11.5 Å². The molecule has 0 fully saturated rings. The number of hydrogen-bond donors (Lipinski definition) is 1. The molecule has 0 aliphatic rings. The molecule has 1 aromatic carbocycles. The molecule has 2 atom stereocenters. The number of carbonyl (C=O) groups excluding carboxylic acids is 1. The van der Waals surface area contributed by atoms with Crippen LogP contribution in [-0.4, -0.2) is 38.9 Å². The highest BCUT2D eigenvalue weighted by atomic mass is 16.7. The molecular weight excluding hydrogens is 328 g/mol. The second-order valence-corrected chi connectivity index (χ2v) is 5.51. The van der Waals surface area contributed by atoms with Crippen LogP contribution < -0.4 is 9.47 Å². The molecule has 0 spiro atoms. The number of benzene rings is 1. The fourth-order valence-corrected chi connectivity index (χ4v) is 2.27. The molecule has 0 bridgehead atoms. The summed E-state index contributed by atoms with van der Waals surface area (Å²) in [5.41, 5.74) is 1.52. The first-order valence-electron chi connectivity index (χ1n) is 7.74. The van der Waals surface area contributed by atoms with E-state index in [1.54, 1.807) is 26.0 Å². The van der Waals surface area contributed by atoms with Gasteiger partial charge in [-0.25, -0.2) is 0 Å². The van der Waals surface area contributed by atoms with Gasteiger partial charge in [-0.1, -0.05) is 6.58 Å². The summed E-state index contributed by atoms with van der Waals surface area (Å²) in [5.74, 6) is 0.233.